The van der Waals surface area contributed by atoms with Crippen LogP contribution in [0.2, 0.25) is 0 Å². The Bertz CT molecular complexity index is 830. The molecule has 2 aromatic carbocycles. The van der Waals surface area contributed by atoms with E-state index in [0.29, 0.717) is 16.2 Å². The zero-order chi connectivity index (χ0) is 14.3. The minimum Gasteiger partial charge on any atom is -0.494 e. The number of benzene rings is 2. The van der Waals surface area contributed by atoms with E-state index in [1.54, 1.807) is 17.7 Å². The lowest BCUT2D eigenvalue weighted by Crippen LogP contribution is -2.00. The van der Waals surface area contributed by atoms with Crippen LogP contribution in [0.3, 0.4) is 0 Å². The zero-order valence-corrected chi connectivity index (χ0v) is 11.9. The van der Waals surface area contributed by atoms with Crippen molar-refractivity contribution < 1.29 is 9.13 Å². The van der Waals surface area contributed by atoms with Gasteiger partial charge in [-0.25, -0.2) is 4.39 Å². The molecule has 3 aromatic rings. The van der Waals surface area contributed by atoms with E-state index in [0.717, 1.165) is 16.6 Å². The molecule has 0 aliphatic heterocycles. The molecule has 0 atom stereocenters. The van der Waals surface area contributed by atoms with E-state index in [2.05, 4.69) is 4.98 Å². The molecule has 0 radical (unpaired) electrons. The maximum Gasteiger partial charge on any atom is 0.182 e. The molecule has 5 heteroatoms. The number of hydrogen-bond acceptors (Lipinski definition) is 2. The van der Waals surface area contributed by atoms with Gasteiger partial charge in [-0.15, -0.1) is 0 Å². The lowest BCUT2D eigenvalue weighted by molar-refractivity contribution is 0.419. The van der Waals surface area contributed by atoms with Gasteiger partial charge in [-0.1, -0.05) is 18.2 Å². The largest absolute Gasteiger partial charge is 0.494 e. The van der Waals surface area contributed by atoms with Crippen molar-refractivity contribution in [3.63, 3.8) is 0 Å². The molecule has 0 fully saturated rings. The number of aromatic nitrogens is 2. The number of nitrogens with zero attached hydrogens (tertiary/aromatic N) is 1. The second-order valence-electron chi connectivity index (χ2n) is 4.53. The Morgan fingerprint density at radius 2 is 1.95 bits per heavy atom. The zero-order valence-electron chi connectivity index (χ0n) is 11.1. The van der Waals surface area contributed by atoms with Gasteiger partial charge in [0.15, 0.2) is 4.77 Å². The van der Waals surface area contributed by atoms with Gasteiger partial charge in [0.2, 0.25) is 0 Å². The highest BCUT2D eigenvalue weighted by Gasteiger charge is 2.14. The summed E-state index contributed by atoms with van der Waals surface area (Å²) in [7, 11) is 1.59. The van der Waals surface area contributed by atoms with E-state index in [9.17, 15) is 4.39 Å². The summed E-state index contributed by atoms with van der Waals surface area (Å²) in [5.74, 6) is 0.381. The molecule has 3 rings (SSSR count). The first-order chi connectivity index (χ1) is 9.63. The number of ether oxygens (including phenoxy) is 1. The molecule has 0 saturated heterocycles. The predicted octanol–water partition coefficient (Wildman–Crippen LogP) is 4.14. The van der Waals surface area contributed by atoms with Crippen LogP contribution >= 0.6 is 12.2 Å². The molecular formula is C15H13FN2OS. The third-order valence-corrected chi connectivity index (χ3v) is 3.60. The quantitative estimate of drug-likeness (QED) is 0.718. The summed E-state index contributed by atoms with van der Waals surface area (Å²) in [6.45, 7) is 1.86. The number of aromatic amines is 1. The molecule has 1 N–H and O–H groups in total. The van der Waals surface area contributed by atoms with Gasteiger partial charge in [0.25, 0.3) is 0 Å². The molecule has 102 valence electrons. The molecule has 0 aliphatic rings. The van der Waals surface area contributed by atoms with Crippen LogP contribution in [0, 0.1) is 17.5 Å². The van der Waals surface area contributed by atoms with Crippen LogP contribution in [-0.2, 0) is 0 Å². The number of imidazole rings is 1. The van der Waals surface area contributed by atoms with Crippen molar-refractivity contribution in [2.24, 2.45) is 0 Å². The number of para-hydroxylation sites is 2. The molecule has 3 nitrogen and oxygen atoms in total. The van der Waals surface area contributed by atoms with Crippen molar-refractivity contribution in [3.05, 3.63) is 52.5 Å². The number of halogens is 1. The van der Waals surface area contributed by atoms with E-state index in [-0.39, 0.29) is 5.82 Å². The van der Waals surface area contributed by atoms with E-state index in [1.807, 2.05) is 31.2 Å². The summed E-state index contributed by atoms with van der Waals surface area (Å²) >= 11 is 5.35. The number of methoxy groups -OCH3 is 1. The minimum absolute atomic E-state index is 0.301. The Labute approximate surface area is 120 Å². The van der Waals surface area contributed by atoms with Crippen LogP contribution in [0.4, 0.5) is 4.39 Å². The van der Waals surface area contributed by atoms with Gasteiger partial charge in [0.05, 0.1) is 18.3 Å². The first kappa shape index (κ1) is 12.9. The lowest BCUT2D eigenvalue weighted by Gasteiger charge is -2.09. The molecular weight excluding hydrogens is 275 g/mol. The summed E-state index contributed by atoms with van der Waals surface area (Å²) in [5, 5.41) is 0. The van der Waals surface area contributed by atoms with Crippen molar-refractivity contribution in [3.8, 4) is 11.4 Å². The maximum atomic E-state index is 14.2. The number of aryl methyl sites for hydroxylation is 1. The van der Waals surface area contributed by atoms with Crippen molar-refractivity contribution in [1.29, 1.82) is 0 Å². The fraction of sp³-hybridized carbons (Fsp3) is 0.133. The van der Waals surface area contributed by atoms with Crippen LogP contribution in [0.25, 0.3) is 16.7 Å². The van der Waals surface area contributed by atoms with E-state index in [1.165, 1.54) is 6.07 Å². The number of nitrogens with one attached hydrogen (secondary N) is 1. The van der Waals surface area contributed by atoms with Crippen LogP contribution < -0.4 is 4.74 Å². The molecule has 0 saturated carbocycles. The van der Waals surface area contributed by atoms with E-state index >= 15 is 0 Å². The summed E-state index contributed by atoms with van der Waals surface area (Å²) in [4.78, 5) is 3.09. The third kappa shape index (κ3) is 1.82. The maximum absolute atomic E-state index is 14.2. The highest BCUT2D eigenvalue weighted by Crippen LogP contribution is 2.29. The van der Waals surface area contributed by atoms with Gasteiger partial charge in [-0.3, -0.25) is 4.57 Å². The monoisotopic (exact) mass is 288 g/mol. The molecule has 20 heavy (non-hydrogen) atoms. The van der Waals surface area contributed by atoms with Gasteiger partial charge in [0, 0.05) is 0 Å². The highest BCUT2D eigenvalue weighted by atomic mass is 32.1. The van der Waals surface area contributed by atoms with Crippen molar-refractivity contribution in [1.82, 2.24) is 9.55 Å². The van der Waals surface area contributed by atoms with Crippen LogP contribution in [0.5, 0.6) is 5.75 Å². The SMILES string of the molecule is COc1cccc2c1[nH]c(=S)n2-c1c(C)cccc1F. The standard InChI is InChI=1S/C15H13FN2OS/c1-9-5-3-6-10(16)14(9)18-11-7-4-8-12(19-2)13(11)17-15(18)20/h3-8H,1-2H3,(H,17,20). The first-order valence-electron chi connectivity index (χ1n) is 6.16. The summed E-state index contributed by atoms with van der Waals surface area (Å²) < 4.78 is 21.6. The number of hydrogen-bond donors (Lipinski definition) is 1. The molecule has 1 heterocycles. The van der Waals surface area contributed by atoms with E-state index in [4.69, 9.17) is 17.0 Å². The normalized spacial score (nSPS) is 10.9. The Balaban J connectivity index is 2.44. The smallest absolute Gasteiger partial charge is 0.182 e. The Hall–Kier alpha value is -2.14. The van der Waals surface area contributed by atoms with Crippen LogP contribution in [0.1, 0.15) is 5.56 Å². The summed E-state index contributed by atoms with van der Waals surface area (Å²) in [6, 6.07) is 10.6. The van der Waals surface area contributed by atoms with Gasteiger partial charge in [-0.2, -0.15) is 0 Å². The van der Waals surface area contributed by atoms with Gasteiger partial charge < -0.3 is 9.72 Å². The minimum atomic E-state index is -0.301. The molecule has 1 aromatic heterocycles. The fourth-order valence-corrected chi connectivity index (χ4v) is 2.69. The van der Waals surface area contributed by atoms with E-state index < -0.39 is 0 Å². The average molecular weight is 288 g/mol. The first-order valence-corrected chi connectivity index (χ1v) is 6.57. The molecule has 0 bridgehead atoms. The topological polar surface area (TPSA) is 29.9 Å². The summed E-state index contributed by atoms with van der Waals surface area (Å²) in [5.41, 5.74) is 2.85. The van der Waals surface area contributed by atoms with Crippen LogP contribution in [-0.4, -0.2) is 16.7 Å². The lowest BCUT2D eigenvalue weighted by atomic mass is 10.2. The second kappa shape index (κ2) is 4.76. The van der Waals surface area contributed by atoms with Gasteiger partial charge in [0.1, 0.15) is 17.1 Å². The molecule has 0 unspecified atom stereocenters. The highest BCUT2D eigenvalue weighted by molar-refractivity contribution is 7.71. The number of fused-ring (bicyclic) bond motifs is 1. The molecule has 0 amide bonds. The Morgan fingerprint density at radius 3 is 2.65 bits per heavy atom. The second-order valence-corrected chi connectivity index (χ2v) is 4.91. The summed E-state index contributed by atoms with van der Waals surface area (Å²) in [6.07, 6.45) is 0. The van der Waals surface area contributed by atoms with Gasteiger partial charge >= 0.3 is 0 Å². The van der Waals surface area contributed by atoms with Crippen molar-refractivity contribution in [2.75, 3.05) is 7.11 Å². The Morgan fingerprint density at radius 1 is 1.20 bits per heavy atom. The number of rotatable bonds is 2. The predicted molar refractivity (Wildman–Crippen MR) is 79.7 cm³/mol. The molecule has 0 aliphatic carbocycles. The number of H-pyrrole nitrogens is 1. The van der Waals surface area contributed by atoms with Crippen LogP contribution in [0.15, 0.2) is 36.4 Å². The van der Waals surface area contributed by atoms with Crippen molar-refractivity contribution >= 4 is 23.3 Å². The van der Waals surface area contributed by atoms with Gasteiger partial charge in [-0.05, 0) is 42.9 Å². The third-order valence-electron chi connectivity index (χ3n) is 3.31. The average Bonchev–Trinajstić information content (AvgIpc) is 2.75. The fourth-order valence-electron chi connectivity index (χ4n) is 2.40. The van der Waals surface area contributed by atoms with Crippen molar-refractivity contribution in [2.45, 2.75) is 6.92 Å². The Kier molecular flexibility index (Phi) is 3.06. The molecule has 0 spiro atoms.